The average Bonchev–Trinajstić information content (AvgIpc) is 2.92. The molecule has 0 aliphatic heterocycles. The van der Waals surface area contributed by atoms with Gasteiger partial charge in [0.2, 0.25) is 0 Å². The first kappa shape index (κ1) is 15.1. The molecule has 0 heteroatoms. The average molecular weight is 238 g/mol. The van der Waals surface area contributed by atoms with Gasteiger partial charge in [0.05, 0.1) is 0 Å². The van der Waals surface area contributed by atoms with Crippen LogP contribution in [0.15, 0.2) is 0 Å². The van der Waals surface area contributed by atoms with Gasteiger partial charge in [0.25, 0.3) is 0 Å². The van der Waals surface area contributed by atoms with Crippen LogP contribution < -0.4 is 0 Å². The van der Waals surface area contributed by atoms with Crippen molar-refractivity contribution in [3.63, 3.8) is 0 Å². The second-order valence-corrected chi connectivity index (χ2v) is 7.89. The minimum Gasteiger partial charge on any atom is -0.0628 e. The van der Waals surface area contributed by atoms with Crippen molar-refractivity contribution in [1.82, 2.24) is 0 Å². The summed E-state index contributed by atoms with van der Waals surface area (Å²) in [4.78, 5) is 0. The molecule has 0 heterocycles. The van der Waals surface area contributed by atoms with Gasteiger partial charge in [0.1, 0.15) is 0 Å². The zero-order valence-electron chi connectivity index (χ0n) is 12.9. The molecule has 1 aliphatic rings. The van der Waals surface area contributed by atoms with E-state index in [4.69, 9.17) is 0 Å². The van der Waals surface area contributed by atoms with E-state index >= 15 is 0 Å². The van der Waals surface area contributed by atoms with Gasteiger partial charge >= 0.3 is 0 Å². The second kappa shape index (κ2) is 6.81. The fourth-order valence-corrected chi connectivity index (χ4v) is 2.77. The molecule has 2 atom stereocenters. The van der Waals surface area contributed by atoms with Gasteiger partial charge in [-0.25, -0.2) is 0 Å². The van der Waals surface area contributed by atoms with E-state index < -0.39 is 0 Å². The van der Waals surface area contributed by atoms with Crippen LogP contribution in [0.1, 0.15) is 86.0 Å². The highest BCUT2D eigenvalue weighted by molar-refractivity contribution is 4.86. The zero-order chi connectivity index (χ0) is 12.9. The van der Waals surface area contributed by atoms with Gasteiger partial charge in [0, 0.05) is 0 Å². The summed E-state index contributed by atoms with van der Waals surface area (Å²) in [5, 5.41) is 0. The van der Waals surface area contributed by atoms with Crippen LogP contribution in [0.5, 0.6) is 0 Å². The Morgan fingerprint density at radius 3 is 2.18 bits per heavy atom. The molecule has 0 spiro atoms. The predicted octanol–water partition coefficient (Wildman–Crippen LogP) is 6.06. The van der Waals surface area contributed by atoms with Crippen LogP contribution >= 0.6 is 0 Å². The van der Waals surface area contributed by atoms with Crippen molar-refractivity contribution < 1.29 is 0 Å². The molecule has 1 aliphatic carbocycles. The molecule has 0 bridgehead atoms. The summed E-state index contributed by atoms with van der Waals surface area (Å²) in [5.74, 6) is 3.10. The van der Waals surface area contributed by atoms with Gasteiger partial charge in [-0.2, -0.15) is 0 Å². The lowest BCUT2D eigenvalue weighted by Crippen LogP contribution is -2.04. The topological polar surface area (TPSA) is 0 Å². The van der Waals surface area contributed by atoms with Crippen molar-refractivity contribution in [2.45, 2.75) is 86.0 Å². The van der Waals surface area contributed by atoms with Gasteiger partial charge in [-0.05, 0) is 42.4 Å². The van der Waals surface area contributed by atoms with E-state index in [2.05, 4.69) is 34.6 Å². The third kappa shape index (κ3) is 7.84. The summed E-state index contributed by atoms with van der Waals surface area (Å²) in [6.45, 7) is 11.8. The molecule has 1 saturated carbocycles. The van der Waals surface area contributed by atoms with E-state index in [1.807, 2.05) is 0 Å². The highest BCUT2D eigenvalue weighted by Crippen LogP contribution is 2.46. The lowest BCUT2D eigenvalue weighted by Gasteiger charge is -2.17. The SMILES string of the molecule is CC(C)CCCCCC1CC1CCC(C)(C)C. The molecule has 0 saturated heterocycles. The highest BCUT2D eigenvalue weighted by Gasteiger charge is 2.36. The zero-order valence-corrected chi connectivity index (χ0v) is 12.9. The molecular weight excluding hydrogens is 204 g/mol. The quantitative estimate of drug-likeness (QED) is 0.451. The molecule has 0 aromatic carbocycles. The smallest absolute Gasteiger partial charge is 0.0383 e. The van der Waals surface area contributed by atoms with Crippen LogP contribution in [-0.2, 0) is 0 Å². The molecule has 1 rings (SSSR count). The van der Waals surface area contributed by atoms with E-state index in [9.17, 15) is 0 Å². The Kier molecular flexibility index (Phi) is 6.03. The third-order valence-corrected chi connectivity index (χ3v) is 4.19. The predicted molar refractivity (Wildman–Crippen MR) is 78.2 cm³/mol. The van der Waals surface area contributed by atoms with Crippen molar-refractivity contribution in [3.8, 4) is 0 Å². The van der Waals surface area contributed by atoms with Crippen molar-refractivity contribution in [1.29, 1.82) is 0 Å². The molecule has 2 unspecified atom stereocenters. The molecular formula is C17H34. The van der Waals surface area contributed by atoms with Gasteiger partial charge < -0.3 is 0 Å². The highest BCUT2D eigenvalue weighted by atomic mass is 14.4. The van der Waals surface area contributed by atoms with Gasteiger partial charge in [-0.15, -0.1) is 0 Å². The van der Waals surface area contributed by atoms with Gasteiger partial charge in [0.15, 0.2) is 0 Å². The Morgan fingerprint density at radius 2 is 1.59 bits per heavy atom. The van der Waals surface area contributed by atoms with Gasteiger partial charge in [-0.3, -0.25) is 0 Å². The summed E-state index contributed by atoms with van der Waals surface area (Å²) < 4.78 is 0. The molecule has 0 N–H and O–H groups in total. The van der Waals surface area contributed by atoms with E-state index in [0.29, 0.717) is 5.41 Å². The lowest BCUT2D eigenvalue weighted by molar-refractivity contribution is 0.348. The molecule has 0 nitrogen and oxygen atoms in total. The first-order valence-electron chi connectivity index (χ1n) is 7.88. The molecule has 102 valence electrons. The van der Waals surface area contributed by atoms with Crippen LogP contribution in [0.4, 0.5) is 0 Å². The fraction of sp³-hybridized carbons (Fsp3) is 1.00. The Bertz CT molecular complexity index is 197. The molecule has 17 heavy (non-hydrogen) atoms. The van der Waals surface area contributed by atoms with E-state index in [1.54, 1.807) is 6.42 Å². The Hall–Kier alpha value is 0. The fourth-order valence-electron chi connectivity index (χ4n) is 2.77. The van der Waals surface area contributed by atoms with Crippen LogP contribution in [0, 0.1) is 23.2 Å². The normalized spacial score (nSPS) is 24.4. The van der Waals surface area contributed by atoms with Crippen molar-refractivity contribution in [2.24, 2.45) is 23.2 Å². The first-order chi connectivity index (χ1) is 7.88. The number of rotatable bonds is 8. The Labute approximate surface area is 110 Å². The molecule has 0 radical (unpaired) electrons. The van der Waals surface area contributed by atoms with Crippen LogP contribution in [-0.4, -0.2) is 0 Å². The lowest BCUT2D eigenvalue weighted by atomic mass is 9.89. The molecule has 0 aromatic heterocycles. The summed E-state index contributed by atoms with van der Waals surface area (Å²) in [6, 6.07) is 0. The van der Waals surface area contributed by atoms with E-state index in [0.717, 1.165) is 17.8 Å². The monoisotopic (exact) mass is 238 g/mol. The van der Waals surface area contributed by atoms with Crippen molar-refractivity contribution >= 4 is 0 Å². The molecule has 1 fully saturated rings. The Balaban J connectivity index is 1.91. The second-order valence-electron chi connectivity index (χ2n) is 7.89. The summed E-state index contributed by atoms with van der Waals surface area (Å²) >= 11 is 0. The summed E-state index contributed by atoms with van der Waals surface area (Å²) in [6.07, 6.45) is 11.8. The molecule has 0 aromatic rings. The van der Waals surface area contributed by atoms with Gasteiger partial charge in [-0.1, -0.05) is 66.7 Å². The largest absolute Gasteiger partial charge is 0.0628 e. The van der Waals surface area contributed by atoms with E-state index in [1.165, 1.54) is 44.9 Å². The van der Waals surface area contributed by atoms with E-state index in [-0.39, 0.29) is 0 Å². The third-order valence-electron chi connectivity index (χ3n) is 4.19. The maximum Gasteiger partial charge on any atom is -0.0383 e. The molecule has 0 amide bonds. The minimum absolute atomic E-state index is 0.546. The summed E-state index contributed by atoms with van der Waals surface area (Å²) in [7, 11) is 0. The maximum atomic E-state index is 2.37. The maximum absolute atomic E-state index is 2.37. The van der Waals surface area contributed by atoms with Crippen LogP contribution in [0.25, 0.3) is 0 Å². The number of hydrogen-bond acceptors (Lipinski definition) is 0. The van der Waals surface area contributed by atoms with Crippen LogP contribution in [0.3, 0.4) is 0 Å². The first-order valence-corrected chi connectivity index (χ1v) is 7.88. The number of hydrogen-bond donors (Lipinski definition) is 0. The number of unbranched alkanes of at least 4 members (excludes halogenated alkanes) is 2. The van der Waals surface area contributed by atoms with Crippen molar-refractivity contribution in [2.75, 3.05) is 0 Å². The van der Waals surface area contributed by atoms with Crippen LogP contribution in [0.2, 0.25) is 0 Å². The van der Waals surface area contributed by atoms with Crippen molar-refractivity contribution in [3.05, 3.63) is 0 Å². The minimum atomic E-state index is 0.546. The Morgan fingerprint density at radius 1 is 0.941 bits per heavy atom. The standard InChI is InChI=1S/C17H34/c1-14(2)9-7-6-8-10-15-13-16(15)11-12-17(3,4)5/h14-16H,6-13H2,1-5H3. The summed E-state index contributed by atoms with van der Waals surface area (Å²) in [5.41, 5.74) is 0.546.